The van der Waals surface area contributed by atoms with Crippen molar-refractivity contribution >= 4 is 41.2 Å². The monoisotopic (exact) mass is 591 g/mol. The highest BCUT2D eigenvalue weighted by Crippen LogP contribution is 2.46. The van der Waals surface area contributed by atoms with E-state index in [2.05, 4.69) is 5.32 Å². The van der Waals surface area contributed by atoms with Gasteiger partial charge >= 0.3 is 20.2 Å². The van der Waals surface area contributed by atoms with Gasteiger partial charge in [0, 0.05) is 38.3 Å². The Morgan fingerprint density at radius 3 is 2.05 bits per heavy atom. The van der Waals surface area contributed by atoms with Crippen LogP contribution in [0.1, 0.15) is 5.56 Å². The maximum Gasteiger partial charge on any atom is 0.307 e. The van der Waals surface area contributed by atoms with Gasteiger partial charge in [-0.25, -0.2) is 16.8 Å². The third kappa shape index (κ3) is 5.88. The Balaban J connectivity index is 2.14. The van der Waals surface area contributed by atoms with Crippen molar-refractivity contribution in [2.75, 3.05) is 45.8 Å². The van der Waals surface area contributed by atoms with Crippen LogP contribution in [0.15, 0.2) is 41.3 Å². The van der Waals surface area contributed by atoms with Crippen molar-refractivity contribution in [3.63, 3.8) is 0 Å². The second-order valence-corrected chi connectivity index (χ2v) is 13.5. The number of rotatable bonds is 9. The number of hydrogen-bond donors (Lipinski definition) is 1. The van der Waals surface area contributed by atoms with E-state index in [0.29, 0.717) is 30.2 Å². The number of nitrogens with zero attached hydrogens (tertiary/aromatic N) is 2. The van der Waals surface area contributed by atoms with E-state index >= 15 is 0 Å². The average molecular weight is 592 g/mol. The van der Waals surface area contributed by atoms with Crippen LogP contribution >= 0.6 is 0 Å². The Morgan fingerprint density at radius 1 is 0.895 bits per heavy atom. The zero-order valence-electron chi connectivity index (χ0n) is 20.7. The van der Waals surface area contributed by atoms with Crippen molar-refractivity contribution in [2.24, 2.45) is 0 Å². The molecular formula is C22H26FN3O9S3. The fourth-order valence-electron chi connectivity index (χ4n) is 4.17. The minimum absolute atomic E-state index is 0.0116. The molecule has 0 bridgehead atoms. The minimum atomic E-state index is -4.60. The van der Waals surface area contributed by atoms with E-state index in [9.17, 15) is 29.6 Å². The number of piperazine rings is 1. The van der Waals surface area contributed by atoms with Crippen molar-refractivity contribution in [1.29, 1.82) is 0 Å². The largest absolute Gasteiger partial charge is 0.493 e. The van der Waals surface area contributed by atoms with Crippen molar-refractivity contribution in [3.8, 4) is 17.4 Å². The molecular weight excluding hydrogens is 565 g/mol. The molecule has 2 aromatic carbocycles. The van der Waals surface area contributed by atoms with Crippen LogP contribution < -0.4 is 18.4 Å². The van der Waals surface area contributed by atoms with Gasteiger partial charge in [0.25, 0.3) is 10.0 Å². The molecule has 38 heavy (non-hydrogen) atoms. The molecule has 16 heteroatoms. The molecule has 0 radical (unpaired) electrons. The van der Waals surface area contributed by atoms with Crippen LogP contribution in [0.4, 0.5) is 4.39 Å². The van der Waals surface area contributed by atoms with Crippen molar-refractivity contribution in [1.82, 2.24) is 14.2 Å². The highest BCUT2D eigenvalue weighted by atomic mass is 32.2. The number of methoxy groups -OCH3 is 1. The first-order valence-corrected chi connectivity index (χ1v) is 16.3. The maximum atomic E-state index is 13.9. The van der Waals surface area contributed by atoms with Gasteiger partial charge in [-0.3, -0.25) is 4.90 Å². The van der Waals surface area contributed by atoms with Crippen LogP contribution in [0, 0.1) is 5.82 Å². The third-order valence-corrected chi connectivity index (χ3v) is 8.33. The summed E-state index contributed by atoms with van der Waals surface area (Å²) in [6, 6.07) is 6.54. The number of benzene rings is 2. The summed E-state index contributed by atoms with van der Waals surface area (Å²) in [7, 11) is -11.8. The highest BCUT2D eigenvalue weighted by molar-refractivity contribution is 7.90. The van der Waals surface area contributed by atoms with Gasteiger partial charge in [0.05, 0.1) is 35.4 Å². The molecule has 2 heterocycles. The minimum Gasteiger partial charge on any atom is -0.493 e. The molecule has 0 amide bonds. The molecule has 1 N–H and O–H groups in total. The standard InChI is InChI=1S/C22H26FN3O9S3/c1-33-19-9-8-18-20(21(19)34-36(2,27)28)17(14-25-12-10-24-11-13-25)22(35-37(3,29)30)26(18)38(31,32)16-6-4-15(23)5-7-16/h4-9,24H,10-14H2,1-3H3. The summed E-state index contributed by atoms with van der Waals surface area (Å²) in [4.78, 5) is 1.56. The summed E-state index contributed by atoms with van der Waals surface area (Å²) >= 11 is 0. The van der Waals surface area contributed by atoms with Gasteiger partial charge in [0.15, 0.2) is 11.5 Å². The van der Waals surface area contributed by atoms with Gasteiger partial charge in [0.1, 0.15) is 5.82 Å². The van der Waals surface area contributed by atoms with Gasteiger partial charge in [0.2, 0.25) is 5.88 Å². The maximum absolute atomic E-state index is 13.9. The lowest BCUT2D eigenvalue weighted by Crippen LogP contribution is -2.42. The molecule has 1 aromatic heterocycles. The summed E-state index contributed by atoms with van der Waals surface area (Å²) in [5.74, 6) is -1.62. The number of aromatic nitrogens is 1. The van der Waals surface area contributed by atoms with Crippen LogP contribution in [-0.4, -0.2) is 79.9 Å². The van der Waals surface area contributed by atoms with E-state index in [0.717, 1.165) is 36.8 Å². The third-order valence-electron chi connectivity index (χ3n) is 5.69. The van der Waals surface area contributed by atoms with Crippen molar-refractivity contribution in [2.45, 2.75) is 11.4 Å². The zero-order valence-corrected chi connectivity index (χ0v) is 23.1. The summed E-state index contributed by atoms with van der Waals surface area (Å²) in [5, 5.41) is 3.15. The normalized spacial score (nSPS) is 15.5. The Morgan fingerprint density at radius 2 is 1.50 bits per heavy atom. The van der Waals surface area contributed by atoms with Gasteiger partial charge in [-0.15, -0.1) is 0 Å². The van der Waals surface area contributed by atoms with Crippen LogP contribution in [-0.2, 0) is 36.8 Å². The smallest absolute Gasteiger partial charge is 0.307 e. The number of halogens is 1. The van der Waals surface area contributed by atoms with Gasteiger partial charge in [-0.05, 0) is 36.4 Å². The Kier molecular flexibility index (Phi) is 7.64. The molecule has 1 aliphatic heterocycles. The zero-order chi connectivity index (χ0) is 27.9. The first-order valence-electron chi connectivity index (χ1n) is 11.2. The molecule has 208 valence electrons. The van der Waals surface area contributed by atoms with Gasteiger partial charge < -0.3 is 18.4 Å². The first-order chi connectivity index (χ1) is 17.7. The highest BCUT2D eigenvalue weighted by Gasteiger charge is 2.34. The number of nitrogens with one attached hydrogen (secondary N) is 1. The van der Waals surface area contributed by atoms with Gasteiger partial charge in [-0.1, -0.05) is 0 Å². The molecule has 0 unspecified atom stereocenters. The number of hydrogen-bond acceptors (Lipinski definition) is 11. The number of ether oxygens (including phenoxy) is 1. The van der Waals surface area contributed by atoms with Crippen LogP contribution in [0.2, 0.25) is 0 Å². The van der Waals surface area contributed by atoms with Crippen molar-refractivity contribution in [3.05, 3.63) is 47.8 Å². The fraction of sp³-hybridized carbons (Fsp3) is 0.364. The summed E-state index contributed by atoms with van der Waals surface area (Å²) < 4.78 is 107. The lowest BCUT2D eigenvalue weighted by atomic mass is 10.1. The lowest BCUT2D eigenvalue weighted by Gasteiger charge is -2.27. The fourth-order valence-corrected chi connectivity index (χ4v) is 6.61. The average Bonchev–Trinajstić information content (AvgIpc) is 3.11. The topological polar surface area (TPSA) is 150 Å². The molecule has 12 nitrogen and oxygen atoms in total. The molecule has 0 aliphatic carbocycles. The predicted octanol–water partition coefficient (Wildman–Crippen LogP) is 1.11. The molecule has 1 saturated heterocycles. The van der Waals surface area contributed by atoms with E-state index in [1.807, 2.05) is 4.90 Å². The summed E-state index contributed by atoms with van der Waals surface area (Å²) in [6.45, 7) is 2.28. The lowest BCUT2D eigenvalue weighted by molar-refractivity contribution is 0.232. The quantitative estimate of drug-likeness (QED) is 0.357. The van der Waals surface area contributed by atoms with E-state index < -0.39 is 42.0 Å². The molecule has 0 saturated carbocycles. The molecule has 0 spiro atoms. The predicted molar refractivity (Wildman–Crippen MR) is 137 cm³/mol. The summed E-state index contributed by atoms with van der Waals surface area (Å²) in [6.07, 6.45) is 1.56. The SMILES string of the molecule is COc1ccc2c(c(CN3CCNCC3)c(OS(C)(=O)=O)n2S(=O)(=O)c2ccc(F)cc2)c1OS(C)(=O)=O. The van der Waals surface area contributed by atoms with E-state index in [-0.39, 0.29) is 39.4 Å². The van der Waals surface area contributed by atoms with E-state index in [1.54, 1.807) is 0 Å². The second-order valence-electron chi connectivity index (χ2n) is 8.60. The second kappa shape index (κ2) is 10.3. The Hall–Kier alpha value is -2.92. The molecule has 0 atom stereocenters. The molecule has 4 rings (SSSR count). The Bertz CT molecular complexity index is 1680. The summed E-state index contributed by atoms with van der Waals surface area (Å²) in [5.41, 5.74) is -0.0758. The van der Waals surface area contributed by atoms with Crippen LogP contribution in [0.25, 0.3) is 10.9 Å². The number of fused-ring (bicyclic) bond motifs is 1. The molecule has 1 aliphatic rings. The van der Waals surface area contributed by atoms with Gasteiger partial charge in [-0.2, -0.15) is 16.8 Å². The van der Waals surface area contributed by atoms with Crippen LogP contribution in [0.3, 0.4) is 0 Å². The first kappa shape index (κ1) is 28.1. The molecule has 3 aromatic rings. The van der Waals surface area contributed by atoms with E-state index in [4.69, 9.17) is 13.1 Å². The van der Waals surface area contributed by atoms with Crippen molar-refractivity contribution < 1.29 is 42.7 Å². The van der Waals surface area contributed by atoms with Crippen LogP contribution in [0.5, 0.6) is 17.4 Å². The Labute approximate surface area is 220 Å². The van der Waals surface area contributed by atoms with E-state index in [1.165, 1.54) is 19.2 Å². The molecule has 1 fully saturated rings.